The molecule has 5 heteroatoms. The van der Waals surface area contributed by atoms with E-state index < -0.39 is 6.10 Å². The molecule has 16 heavy (non-hydrogen) atoms. The zero-order valence-corrected chi connectivity index (χ0v) is 11.3. The average molecular weight is 305 g/mol. The fourth-order valence-electron chi connectivity index (χ4n) is 1.63. The van der Waals surface area contributed by atoms with Crippen LogP contribution in [0.3, 0.4) is 0 Å². The molecule has 1 aliphatic heterocycles. The molecule has 1 aromatic carbocycles. The smallest absolute Gasteiger partial charge is 0.265 e. The van der Waals surface area contributed by atoms with Gasteiger partial charge in [-0.25, -0.2) is 0 Å². The molecule has 1 aromatic rings. The van der Waals surface area contributed by atoms with Gasteiger partial charge in [0.05, 0.1) is 10.7 Å². The Morgan fingerprint density at radius 2 is 2.31 bits per heavy atom. The Morgan fingerprint density at radius 1 is 1.62 bits per heavy atom. The van der Waals surface area contributed by atoms with E-state index in [-0.39, 0.29) is 5.91 Å². The van der Waals surface area contributed by atoms with Crippen LogP contribution in [0.15, 0.2) is 10.5 Å². The number of anilines is 1. The number of halogens is 2. The SMILES string of the molecule is CCC1Oc2c(Cl)cc(Br)c(C)c2NC1=O. The summed E-state index contributed by atoms with van der Waals surface area (Å²) in [7, 11) is 0. The van der Waals surface area contributed by atoms with Crippen LogP contribution in [0.5, 0.6) is 5.75 Å². The Morgan fingerprint density at radius 3 is 2.94 bits per heavy atom. The monoisotopic (exact) mass is 303 g/mol. The summed E-state index contributed by atoms with van der Waals surface area (Å²) >= 11 is 9.47. The van der Waals surface area contributed by atoms with Crippen LogP contribution in [-0.2, 0) is 4.79 Å². The normalized spacial score (nSPS) is 18.8. The lowest BCUT2D eigenvalue weighted by Gasteiger charge is -2.27. The molecule has 1 atom stereocenters. The molecule has 0 spiro atoms. The Balaban J connectivity index is 2.54. The van der Waals surface area contributed by atoms with Crippen molar-refractivity contribution in [2.45, 2.75) is 26.4 Å². The van der Waals surface area contributed by atoms with Gasteiger partial charge in [0.2, 0.25) is 0 Å². The fourth-order valence-corrected chi connectivity index (χ4v) is 2.44. The van der Waals surface area contributed by atoms with Crippen LogP contribution in [0.1, 0.15) is 18.9 Å². The highest BCUT2D eigenvalue weighted by Crippen LogP contribution is 2.42. The molecule has 3 nitrogen and oxygen atoms in total. The summed E-state index contributed by atoms with van der Waals surface area (Å²) in [6.07, 6.45) is 0.169. The first kappa shape index (κ1) is 11.7. The van der Waals surface area contributed by atoms with E-state index in [4.69, 9.17) is 16.3 Å². The molecule has 2 rings (SSSR count). The summed E-state index contributed by atoms with van der Waals surface area (Å²) in [5, 5.41) is 3.34. The van der Waals surface area contributed by atoms with Crippen LogP contribution in [0.4, 0.5) is 5.69 Å². The second-order valence-electron chi connectivity index (χ2n) is 3.67. The minimum atomic E-state index is -0.453. The Labute approximate surface area is 107 Å². The lowest BCUT2D eigenvalue weighted by molar-refractivity contribution is -0.123. The van der Waals surface area contributed by atoms with E-state index in [0.29, 0.717) is 22.9 Å². The molecule has 0 aromatic heterocycles. The average Bonchev–Trinajstić information content (AvgIpc) is 2.25. The van der Waals surface area contributed by atoms with Crippen molar-refractivity contribution in [3.05, 3.63) is 21.1 Å². The van der Waals surface area contributed by atoms with Crippen molar-refractivity contribution < 1.29 is 9.53 Å². The molecular weight excluding hydrogens is 293 g/mol. The maximum Gasteiger partial charge on any atom is 0.265 e. The molecule has 0 radical (unpaired) electrons. The molecule has 1 heterocycles. The summed E-state index contributed by atoms with van der Waals surface area (Å²) < 4.78 is 6.45. The van der Waals surface area contributed by atoms with E-state index in [9.17, 15) is 4.79 Å². The molecular formula is C11H11BrClNO2. The highest BCUT2D eigenvalue weighted by atomic mass is 79.9. The highest BCUT2D eigenvalue weighted by Gasteiger charge is 2.29. The molecule has 86 valence electrons. The van der Waals surface area contributed by atoms with Crippen LogP contribution in [-0.4, -0.2) is 12.0 Å². The third kappa shape index (κ3) is 1.80. The van der Waals surface area contributed by atoms with Gasteiger partial charge in [0.1, 0.15) is 0 Å². The third-order valence-electron chi connectivity index (χ3n) is 2.60. The fraction of sp³-hybridized carbons (Fsp3) is 0.364. The first-order chi connectivity index (χ1) is 7.54. The van der Waals surface area contributed by atoms with Crippen LogP contribution in [0.25, 0.3) is 0 Å². The van der Waals surface area contributed by atoms with E-state index >= 15 is 0 Å². The lowest BCUT2D eigenvalue weighted by atomic mass is 10.1. The van der Waals surface area contributed by atoms with Gasteiger partial charge in [-0.3, -0.25) is 4.79 Å². The molecule has 0 bridgehead atoms. The number of carbonyl (C=O) groups is 1. The van der Waals surface area contributed by atoms with Crippen LogP contribution in [0.2, 0.25) is 5.02 Å². The second kappa shape index (κ2) is 4.26. The Kier molecular flexibility index (Phi) is 3.13. The summed E-state index contributed by atoms with van der Waals surface area (Å²) in [6, 6.07) is 1.78. The van der Waals surface area contributed by atoms with Crippen molar-refractivity contribution in [3.63, 3.8) is 0 Å². The van der Waals surface area contributed by atoms with Crippen molar-refractivity contribution in [1.29, 1.82) is 0 Å². The van der Waals surface area contributed by atoms with Crippen molar-refractivity contribution in [3.8, 4) is 5.75 Å². The van der Waals surface area contributed by atoms with Gasteiger partial charge in [-0.2, -0.15) is 0 Å². The largest absolute Gasteiger partial charge is 0.477 e. The third-order valence-corrected chi connectivity index (χ3v) is 3.71. The van der Waals surface area contributed by atoms with Gasteiger partial charge in [0.25, 0.3) is 5.91 Å². The van der Waals surface area contributed by atoms with E-state index in [0.717, 1.165) is 10.0 Å². The molecule has 0 saturated heterocycles. The molecule has 1 unspecified atom stereocenters. The number of ether oxygens (including phenoxy) is 1. The van der Waals surface area contributed by atoms with Crippen LogP contribution >= 0.6 is 27.5 Å². The number of benzene rings is 1. The zero-order chi connectivity index (χ0) is 11.9. The number of nitrogens with one attached hydrogen (secondary N) is 1. The van der Waals surface area contributed by atoms with Crippen molar-refractivity contribution in [2.75, 3.05) is 5.32 Å². The predicted octanol–water partition coefficient (Wildman–Crippen LogP) is 3.52. The predicted molar refractivity (Wildman–Crippen MR) is 67.2 cm³/mol. The number of rotatable bonds is 1. The molecule has 0 fully saturated rings. The van der Waals surface area contributed by atoms with E-state index in [1.807, 2.05) is 13.8 Å². The Hall–Kier alpha value is -0.740. The number of hydrogen-bond acceptors (Lipinski definition) is 2. The van der Waals surface area contributed by atoms with Gasteiger partial charge in [-0.1, -0.05) is 34.5 Å². The topological polar surface area (TPSA) is 38.3 Å². The van der Waals surface area contributed by atoms with Crippen molar-refractivity contribution >= 4 is 39.1 Å². The molecule has 1 amide bonds. The first-order valence-electron chi connectivity index (χ1n) is 5.00. The summed E-state index contributed by atoms with van der Waals surface area (Å²) in [5.41, 5.74) is 1.58. The van der Waals surface area contributed by atoms with Gasteiger partial charge in [0.15, 0.2) is 11.9 Å². The number of fused-ring (bicyclic) bond motifs is 1. The van der Waals surface area contributed by atoms with Gasteiger partial charge in [0, 0.05) is 4.47 Å². The quantitative estimate of drug-likeness (QED) is 0.862. The van der Waals surface area contributed by atoms with Gasteiger partial charge in [-0.15, -0.1) is 0 Å². The van der Waals surface area contributed by atoms with E-state index in [1.54, 1.807) is 6.07 Å². The number of amides is 1. The highest BCUT2D eigenvalue weighted by molar-refractivity contribution is 9.10. The van der Waals surface area contributed by atoms with Crippen LogP contribution < -0.4 is 10.1 Å². The van der Waals surface area contributed by atoms with Gasteiger partial charge >= 0.3 is 0 Å². The maximum atomic E-state index is 11.7. The minimum Gasteiger partial charge on any atom is -0.477 e. The molecule has 1 N–H and O–H groups in total. The minimum absolute atomic E-state index is 0.118. The second-order valence-corrected chi connectivity index (χ2v) is 4.93. The first-order valence-corrected chi connectivity index (χ1v) is 6.17. The standard InChI is InChI=1S/C11H11BrClNO2/c1-3-8-11(15)14-9-5(2)6(12)4-7(13)10(9)16-8/h4,8H,3H2,1-2H3,(H,14,15). The van der Waals surface area contributed by atoms with Crippen molar-refractivity contribution in [1.82, 2.24) is 0 Å². The van der Waals surface area contributed by atoms with E-state index in [1.165, 1.54) is 0 Å². The lowest BCUT2D eigenvalue weighted by Crippen LogP contribution is -2.36. The Bertz CT molecular complexity index is 462. The molecule has 0 aliphatic carbocycles. The van der Waals surface area contributed by atoms with Crippen LogP contribution in [0, 0.1) is 6.92 Å². The number of carbonyl (C=O) groups excluding carboxylic acids is 1. The molecule has 1 aliphatic rings. The molecule has 0 saturated carbocycles. The van der Waals surface area contributed by atoms with Gasteiger partial charge in [-0.05, 0) is 25.0 Å². The van der Waals surface area contributed by atoms with E-state index in [2.05, 4.69) is 21.2 Å². The van der Waals surface area contributed by atoms with Crippen molar-refractivity contribution in [2.24, 2.45) is 0 Å². The maximum absolute atomic E-state index is 11.7. The summed E-state index contributed by atoms with van der Waals surface area (Å²) in [6.45, 7) is 3.80. The van der Waals surface area contributed by atoms with Gasteiger partial charge < -0.3 is 10.1 Å². The number of hydrogen-bond donors (Lipinski definition) is 1. The summed E-state index contributed by atoms with van der Waals surface area (Å²) in [5.74, 6) is 0.445. The zero-order valence-electron chi connectivity index (χ0n) is 8.93. The summed E-state index contributed by atoms with van der Waals surface area (Å²) in [4.78, 5) is 11.7.